The minimum absolute atomic E-state index is 0.00700. The molecule has 0 radical (unpaired) electrons. The second-order valence-corrected chi connectivity index (χ2v) is 7.34. The number of carboxylic acids is 1. The molecule has 1 amide bonds. The summed E-state index contributed by atoms with van der Waals surface area (Å²) in [5.74, 6) is -1.97. The van der Waals surface area contributed by atoms with Crippen molar-refractivity contribution in [2.75, 3.05) is 18.1 Å². The van der Waals surface area contributed by atoms with Crippen LogP contribution in [0.1, 0.15) is 22.3 Å². The Kier molecular flexibility index (Phi) is 4.26. The lowest BCUT2D eigenvalue weighted by Gasteiger charge is -2.34. The first-order chi connectivity index (χ1) is 9.78. The van der Waals surface area contributed by atoms with E-state index >= 15 is 0 Å². The lowest BCUT2D eigenvalue weighted by atomic mass is 10.1. The van der Waals surface area contributed by atoms with Crippen LogP contribution in [-0.2, 0) is 14.6 Å². The van der Waals surface area contributed by atoms with Crippen LogP contribution in [0.4, 0.5) is 0 Å². The second kappa shape index (κ2) is 5.80. The number of amides is 1. The summed E-state index contributed by atoms with van der Waals surface area (Å²) in [5.41, 5.74) is 1.14. The minimum atomic E-state index is -3.31. The van der Waals surface area contributed by atoms with Gasteiger partial charge in [-0.2, -0.15) is 0 Å². The first kappa shape index (κ1) is 15.4. The summed E-state index contributed by atoms with van der Waals surface area (Å²) in [7, 11) is -3.31. The standard InChI is InChI=1S/C13H16N2O5S/c1-9-4-10(7-14-6-9)13(18)15-2-3-21(19,20)8-11(15)5-12(16)17/h4,6-7,11H,2-3,5,8H2,1H3,(H,16,17). The third-order valence-corrected chi connectivity index (χ3v) is 5.02. The molecule has 1 atom stereocenters. The Morgan fingerprint density at radius 3 is 2.76 bits per heavy atom. The van der Waals surface area contributed by atoms with Crippen LogP contribution in [0.2, 0.25) is 0 Å². The number of carbonyl (C=O) groups excluding carboxylic acids is 1. The van der Waals surface area contributed by atoms with Crippen molar-refractivity contribution in [1.29, 1.82) is 0 Å². The van der Waals surface area contributed by atoms with Crippen molar-refractivity contribution < 1.29 is 23.1 Å². The van der Waals surface area contributed by atoms with E-state index in [0.717, 1.165) is 5.56 Å². The van der Waals surface area contributed by atoms with Gasteiger partial charge >= 0.3 is 5.97 Å². The van der Waals surface area contributed by atoms with Crippen LogP contribution in [0.3, 0.4) is 0 Å². The van der Waals surface area contributed by atoms with E-state index in [2.05, 4.69) is 4.98 Å². The Hall–Kier alpha value is -1.96. The number of aliphatic carboxylic acids is 1. The van der Waals surface area contributed by atoms with Crippen LogP contribution >= 0.6 is 0 Å². The number of aromatic nitrogens is 1. The van der Waals surface area contributed by atoms with E-state index < -0.39 is 21.8 Å². The normalized spacial score (nSPS) is 21.0. The van der Waals surface area contributed by atoms with Crippen LogP contribution in [-0.4, -0.2) is 59.4 Å². The summed E-state index contributed by atoms with van der Waals surface area (Å²) in [4.78, 5) is 28.6. The number of aryl methyl sites for hydroxylation is 1. The van der Waals surface area contributed by atoms with Crippen molar-refractivity contribution in [3.63, 3.8) is 0 Å². The molecule has 1 aromatic heterocycles. The summed E-state index contributed by atoms with van der Waals surface area (Å²) < 4.78 is 23.3. The van der Waals surface area contributed by atoms with Crippen molar-refractivity contribution in [1.82, 2.24) is 9.88 Å². The molecule has 0 aromatic carbocycles. The van der Waals surface area contributed by atoms with Crippen LogP contribution < -0.4 is 0 Å². The highest BCUT2D eigenvalue weighted by atomic mass is 32.2. The maximum absolute atomic E-state index is 12.5. The zero-order valence-corrected chi connectivity index (χ0v) is 12.3. The number of sulfone groups is 1. The molecule has 1 saturated heterocycles. The largest absolute Gasteiger partial charge is 0.481 e. The SMILES string of the molecule is Cc1cncc(C(=O)N2CCS(=O)(=O)CC2CC(=O)O)c1. The van der Waals surface area contributed by atoms with E-state index in [1.807, 2.05) is 0 Å². The quantitative estimate of drug-likeness (QED) is 0.849. The predicted molar refractivity (Wildman–Crippen MR) is 74.7 cm³/mol. The molecule has 2 rings (SSSR count). The summed E-state index contributed by atoms with van der Waals surface area (Å²) in [5, 5.41) is 8.91. The van der Waals surface area contributed by atoms with Gasteiger partial charge < -0.3 is 10.0 Å². The maximum atomic E-state index is 12.5. The molecule has 0 spiro atoms. The Morgan fingerprint density at radius 2 is 2.14 bits per heavy atom. The minimum Gasteiger partial charge on any atom is -0.481 e. The highest BCUT2D eigenvalue weighted by Crippen LogP contribution is 2.18. The van der Waals surface area contributed by atoms with Gasteiger partial charge in [0, 0.05) is 18.9 Å². The number of nitrogens with zero attached hydrogens (tertiary/aromatic N) is 2. The topological polar surface area (TPSA) is 105 Å². The van der Waals surface area contributed by atoms with E-state index in [9.17, 15) is 18.0 Å². The van der Waals surface area contributed by atoms with Gasteiger partial charge in [-0.1, -0.05) is 0 Å². The molecule has 7 nitrogen and oxygen atoms in total. The maximum Gasteiger partial charge on any atom is 0.305 e. The average Bonchev–Trinajstić information content (AvgIpc) is 2.36. The van der Waals surface area contributed by atoms with E-state index in [0.29, 0.717) is 5.56 Å². The van der Waals surface area contributed by atoms with E-state index in [1.165, 1.54) is 11.1 Å². The van der Waals surface area contributed by atoms with Crippen molar-refractivity contribution >= 4 is 21.7 Å². The molecular formula is C13H16N2O5S. The van der Waals surface area contributed by atoms with Gasteiger partial charge in [-0.25, -0.2) is 8.42 Å². The fourth-order valence-corrected chi connectivity index (χ4v) is 3.89. The monoisotopic (exact) mass is 312 g/mol. The molecular weight excluding hydrogens is 296 g/mol. The predicted octanol–water partition coefficient (Wildman–Crippen LogP) is 0.104. The number of hydrogen-bond acceptors (Lipinski definition) is 5. The van der Waals surface area contributed by atoms with Crippen molar-refractivity contribution in [2.45, 2.75) is 19.4 Å². The molecule has 0 saturated carbocycles. The third-order valence-electron chi connectivity index (χ3n) is 3.32. The highest BCUT2D eigenvalue weighted by Gasteiger charge is 2.35. The summed E-state index contributed by atoms with van der Waals surface area (Å²) in [6, 6.07) is 0.810. The molecule has 1 unspecified atom stereocenters. The van der Waals surface area contributed by atoms with Gasteiger partial charge in [0.05, 0.1) is 29.5 Å². The van der Waals surface area contributed by atoms with Crippen LogP contribution in [0.5, 0.6) is 0 Å². The molecule has 1 aliphatic heterocycles. The van der Waals surface area contributed by atoms with Crippen molar-refractivity contribution in [3.8, 4) is 0 Å². The van der Waals surface area contributed by atoms with E-state index in [-0.39, 0.29) is 30.4 Å². The van der Waals surface area contributed by atoms with Crippen molar-refractivity contribution in [2.24, 2.45) is 0 Å². The number of pyridine rings is 1. The molecule has 1 N–H and O–H groups in total. The number of carbonyl (C=O) groups is 2. The Balaban J connectivity index is 2.27. The fourth-order valence-electron chi connectivity index (χ4n) is 2.36. The molecule has 21 heavy (non-hydrogen) atoms. The van der Waals surface area contributed by atoms with Gasteiger partial charge in [-0.15, -0.1) is 0 Å². The third kappa shape index (κ3) is 3.78. The molecule has 0 aliphatic carbocycles. The first-order valence-corrected chi connectivity index (χ1v) is 8.25. The van der Waals surface area contributed by atoms with Gasteiger partial charge in [0.2, 0.25) is 0 Å². The highest BCUT2D eigenvalue weighted by molar-refractivity contribution is 7.91. The molecule has 8 heteroatoms. The Morgan fingerprint density at radius 1 is 1.43 bits per heavy atom. The summed E-state index contributed by atoms with van der Waals surface area (Å²) in [6.45, 7) is 1.80. The van der Waals surface area contributed by atoms with Gasteiger partial charge in [-0.05, 0) is 18.6 Å². The lowest BCUT2D eigenvalue weighted by Crippen LogP contribution is -2.52. The van der Waals surface area contributed by atoms with Crippen LogP contribution in [0.25, 0.3) is 0 Å². The number of carboxylic acid groups (broad SMARTS) is 1. The van der Waals surface area contributed by atoms with Crippen molar-refractivity contribution in [3.05, 3.63) is 29.6 Å². The number of hydrogen-bond donors (Lipinski definition) is 1. The molecule has 1 aliphatic rings. The van der Waals surface area contributed by atoms with Gasteiger partial charge in [0.25, 0.3) is 5.91 Å². The van der Waals surface area contributed by atoms with Gasteiger partial charge in [0.15, 0.2) is 9.84 Å². The average molecular weight is 312 g/mol. The van der Waals surface area contributed by atoms with Crippen LogP contribution in [0.15, 0.2) is 18.5 Å². The zero-order valence-electron chi connectivity index (χ0n) is 11.5. The number of rotatable bonds is 3. The second-order valence-electron chi connectivity index (χ2n) is 5.12. The fraction of sp³-hybridized carbons (Fsp3) is 0.462. The van der Waals surface area contributed by atoms with E-state index in [1.54, 1.807) is 19.2 Å². The zero-order chi connectivity index (χ0) is 15.6. The lowest BCUT2D eigenvalue weighted by molar-refractivity contribution is -0.138. The van der Waals surface area contributed by atoms with Crippen LogP contribution in [0, 0.1) is 6.92 Å². The van der Waals surface area contributed by atoms with Gasteiger partial charge in [0.1, 0.15) is 0 Å². The molecule has 114 valence electrons. The van der Waals surface area contributed by atoms with Gasteiger partial charge in [-0.3, -0.25) is 14.6 Å². The molecule has 0 bridgehead atoms. The first-order valence-electron chi connectivity index (χ1n) is 6.43. The smallest absolute Gasteiger partial charge is 0.305 e. The summed E-state index contributed by atoms with van der Waals surface area (Å²) >= 11 is 0. The molecule has 1 fully saturated rings. The molecule has 2 heterocycles. The Bertz CT molecular complexity index is 671. The molecule has 1 aromatic rings. The van der Waals surface area contributed by atoms with E-state index in [4.69, 9.17) is 5.11 Å². The summed E-state index contributed by atoms with van der Waals surface area (Å²) in [6.07, 6.45) is 2.62. The Labute approximate surface area is 122 Å².